The van der Waals surface area contributed by atoms with Gasteiger partial charge in [-0.25, -0.2) is 9.45 Å². The van der Waals surface area contributed by atoms with Crippen LogP contribution in [0.2, 0.25) is 0 Å². The number of likely N-dealkylation sites (tertiary alicyclic amines) is 1. The van der Waals surface area contributed by atoms with Crippen LogP contribution in [0.3, 0.4) is 0 Å². The van der Waals surface area contributed by atoms with Crippen LogP contribution < -0.4 is 5.06 Å². The second kappa shape index (κ2) is 7.09. The van der Waals surface area contributed by atoms with Crippen LogP contribution in [-0.4, -0.2) is 43.1 Å². The molecule has 2 aliphatic heterocycles. The first-order valence-electron chi connectivity index (χ1n) is 8.72. The molecule has 2 saturated heterocycles. The van der Waals surface area contributed by atoms with E-state index in [0.717, 1.165) is 5.69 Å². The first-order chi connectivity index (χ1) is 13.1. The summed E-state index contributed by atoms with van der Waals surface area (Å²) >= 11 is 0. The van der Waals surface area contributed by atoms with Crippen molar-refractivity contribution in [2.45, 2.75) is 12.1 Å². The molecule has 3 atom stereocenters. The van der Waals surface area contributed by atoms with Crippen molar-refractivity contribution < 1.29 is 23.6 Å². The number of fused-ring (bicyclic) bond motifs is 1. The Kier molecular flexibility index (Phi) is 4.63. The minimum atomic E-state index is -0.899. The molecule has 0 aromatic heterocycles. The minimum Gasteiger partial charge on any atom is -0.383 e. The van der Waals surface area contributed by atoms with E-state index < -0.39 is 18.1 Å². The molecule has 4 rings (SSSR count). The normalized spacial score (nSPS) is 24.6. The van der Waals surface area contributed by atoms with E-state index in [9.17, 15) is 14.0 Å². The van der Waals surface area contributed by atoms with Crippen molar-refractivity contribution in [2.75, 3.05) is 25.3 Å². The molecule has 2 heterocycles. The lowest BCUT2D eigenvalue weighted by molar-refractivity contribution is -0.143. The summed E-state index contributed by atoms with van der Waals surface area (Å²) in [4.78, 5) is 32.9. The molecule has 0 N–H and O–H groups in total. The van der Waals surface area contributed by atoms with Gasteiger partial charge in [0.1, 0.15) is 11.7 Å². The lowest BCUT2D eigenvalue weighted by Gasteiger charge is -2.28. The van der Waals surface area contributed by atoms with Gasteiger partial charge in [-0.1, -0.05) is 30.3 Å². The van der Waals surface area contributed by atoms with Crippen LogP contribution in [0.5, 0.6) is 0 Å². The first-order valence-corrected chi connectivity index (χ1v) is 8.72. The van der Waals surface area contributed by atoms with Gasteiger partial charge in [-0.15, -0.1) is 0 Å². The quantitative estimate of drug-likeness (QED) is 0.756. The van der Waals surface area contributed by atoms with E-state index in [0.29, 0.717) is 5.56 Å². The van der Waals surface area contributed by atoms with Gasteiger partial charge < -0.3 is 4.74 Å². The highest BCUT2D eigenvalue weighted by atomic mass is 19.1. The van der Waals surface area contributed by atoms with Crippen molar-refractivity contribution in [2.24, 2.45) is 5.92 Å². The molecular weight excluding hydrogens is 351 g/mol. The van der Waals surface area contributed by atoms with E-state index in [1.54, 1.807) is 17.2 Å². The fourth-order valence-electron chi connectivity index (χ4n) is 3.67. The predicted octanol–water partition coefficient (Wildman–Crippen LogP) is 2.32. The molecule has 0 saturated carbocycles. The number of benzene rings is 2. The SMILES string of the molecule is COCCN1C(=O)[C@@H]2[C@@H](ON(c3ccccc3)[C@H]2c2ccc(F)cc2)C1=O. The number of ether oxygens (including phenoxy) is 1. The number of methoxy groups -OCH3 is 1. The van der Waals surface area contributed by atoms with Gasteiger partial charge in [0, 0.05) is 7.11 Å². The third-order valence-corrected chi connectivity index (χ3v) is 4.95. The lowest BCUT2D eigenvalue weighted by Crippen LogP contribution is -2.39. The van der Waals surface area contributed by atoms with Crippen LogP contribution in [0.15, 0.2) is 54.6 Å². The number of hydrogen-bond acceptors (Lipinski definition) is 5. The summed E-state index contributed by atoms with van der Waals surface area (Å²) in [5.41, 5.74) is 1.44. The third-order valence-electron chi connectivity index (χ3n) is 4.95. The molecule has 0 unspecified atom stereocenters. The van der Waals surface area contributed by atoms with Crippen LogP contribution in [0.25, 0.3) is 0 Å². The van der Waals surface area contributed by atoms with Gasteiger partial charge in [-0.2, -0.15) is 0 Å². The molecule has 0 radical (unpaired) electrons. The van der Waals surface area contributed by atoms with E-state index in [4.69, 9.17) is 9.57 Å². The molecule has 2 aliphatic rings. The molecule has 0 aliphatic carbocycles. The number of carbonyl (C=O) groups excluding carboxylic acids is 2. The number of hydrogen-bond donors (Lipinski definition) is 0. The van der Waals surface area contributed by atoms with Crippen LogP contribution in [0.1, 0.15) is 11.6 Å². The topological polar surface area (TPSA) is 59.1 Å². The molecule has 2 amide bonds. The van der Waals surface area contributed by atoms with E-state index in [1.807, 2.05) is 30.3 Å². The molecule has 7 heteroatoms. The number of imide groups is 1. The van der Waals surface area contributed by atoms with Gasteiger partial charge in [0.25, 0.3) is 5.91 Å². The highest BCUT2D eigenvalue weighted by Gasteiger charge is 2.59. The number of nitrogens with zero attached hydrogens (tertiary/aromatic N) is 2. The van der Waals surface area contributed by atoms with Crippen LogP contribution in [0.4, 0.5) is 10.1 Å². The number of carbonyl (C=O) groups is 2. The Bertz CT molecular complexity index is 843. The Morgan fingerprint density at radius 1 is 1.04 bits per heavy atom. The summed E-state index contributed by atoms with van der Waals surface area (Å²) < 4.78 is 18.4. The number of halogens is 1. The molecular formula is C20H19FN2O4. The van der Waals surface area contributed by atoms with Gasteiger partial charge in [0.15, 0.2) is 6.10 Å². The van der Waals surface area contributed by atoms with Gasteiger partial charge in [-0.05, 0) is 29.8 Å². The average molecular weight is 370 g/mol. The van der Waals surface area contributed by atoms with Gasteiger partial charge in [0.2, 0.25) is 5.91 Å². The van der Waals surface area contributed by atoms with Crippen molar-refractivity contribution >= 4 is 17.5 Å². The van der Waals surface area contributed by atoms with Crippen LogP contribution in [0, 0.1) is 11.7 Å². The smallest absolute Gasteiger partial charge is 0.262 e. The number of hydroxylamine groups is 1. The van der Waals surface area contributed by atoms with Gasteiger partial charge >= 0.3 is 0 Å². The maximum Gasteiger partial charge on any atom is 0.262 e. The lowest BCUT2D eigenvalue weighted by atomic mass is 9.90. The highest BCUT2D eigenvalue weighted by Crippen LogP contribution is 2.46. The van der Waals surface area contributed by atoms with E-state index >= 15 is 0 Å². The van der Waals surface area contributed by atoms with Gasteiger partial charge in [0.05, 0.1) is 24.9 Å². The van der Waals surface area contributed by atoms with Crippen molar-refractivity contribution in [1.82, 2.24) is 4.90 Å². The third kappa shape index (κ3) is 2.98. The first kappa shape index (κ1) is 17.6. The fourth-order valence-corrected chi connectivity index (χ4v) is 3.67. The Labute approximate surface area is 156 Å². The largest absolute Gasteiger partial charge is 0.383 e. The van der Waals surface area contributed by atoms with Crippen LogP contribution in [-0.2, 0) is 19.2 Å². The summed E-state index contributed by atoms with van der Waals surface area (Å²) in [6.45, 7) is 0.451. The number of para-hydroxylation sites is 1. The number of anilines is 1. The molecule has 2 aromatic carbocycles. The second-order valence-corrected chi connectivity index (χ2v) is 6.53. The second-order valence-electron chi connectivity index (χ2n) is 6.53. The summed E-state index contributed by atoms with van der Waals surface area (Å²) in [7, 11) is 1.51. The standard InChI is InChI=1S/C20H19FN2O4/c1-26-12-11-22-19(24)16-17(13-7-9-14(21)10-8-13)23(27-18(16)20(22)25)15-5-3-2-4-6-15/h2-10,16-18H,11-12H2,1H3/t16-,17-,18+/m0/s1. The molecule has 0 bridgehead atoms. The van der Waals surface area contributed by atoms with Crippen molar-refractivity contribution in [3.05, 3.63) is 66.0 Å². The summed E-state index contributed by atoms with van der Waals surface area (Å²) in [5, 5.41) is 1.59. The Hall–Kier alpha value is -2.77. The number of rotatable bonds is 5. The number of amides is 2. The zero-order valence-electron chi connectivity index (χ0n) is 14.7. The Balaban J connectivity index is 1.73. The maximum absolute atomic E-state index is 13.4. The van der Waals surface area contributed by atoms with Gasteiger partial charge in [-0.3, -0.25) is 19.3 Å². The molecule has 0 spiro atoms. The van der Waals surface area contributed by atoms with Crippen molar-refractivity contribution in [1.29, 1.82) is 0 Å². The average Bonchev–Trinajstić information content (AvgIpc) is 3.19. The minimum absolute atomic E-state index is 0.187. The molecule has 6 nitrogen and oxygen atoms in total. The van der Waals surface area contributed by atoms with E-state index in [2.05, 4.69) is 0 Å². The molecule has 140 valence electrons. The maximum atomic E-state index is 13.4. The summed E-state index contributed by atoms with van der Waals surface area (Å²) in [6, 6.07) is 14.7. The van der Waals surface area contributed by atoms with E-state index in [1.165, 1.54) is 24.1 Å². The summed E-state index contributed by atoms with van der Waals surface area (Å²) in [6.07, 6.45) is -0.899. The van der Waals surface area contributed by atoms with Crippen molar-refractivity contribution in [3.8, 4) is 0 Å². The molecule has 27 heavy (non-hydrogen) atoms. The molecule has 2 aromatic rings. The Morgan fingerprint density at radius 2 is 1.74 bits per heavy atom. The monoisotopic (exact) mass is 370 g/mol. The zero-order chi connectivity index (χ0) is 19.0. The highest BCUT2D eigenvalue weighted by molar-refractivity contribution is 6.07. The Morgan fingerprint density at radius 3 is 2.41 bits per heavy atom. The summed E-state index contributed by atoms with van der Waals surface area (Å²) in [5.74, 6) is -1.72. The van der Waals surface area contributed by atoms with E-state index in [-0.39, 0.29) is 30.8 Å². The predicted molar refractivity (Wildman–Crippen MR) is 95.0 cm³/mol. The van der Waals surface area contributed by atoms with Crippen molar-refractivity contribution in [3.63, 3.8) is 0 Å². The fraction of sp³-hybridized carbons (Fsp3) is 0.300. The molecule has 2 fully saturated rings. The van der Waals surface area contributed by atoms with Crippen LogP contribution >= 0.6 is 0 Å². The zero-order valence-corrected chi connectivity index (χ0v) is 14.7.